The molecule has 1 aromatic carbocycles. The minimum atomic E-state index is -0.415. The average molecular weight is 322 g/mol. The number of nitrogens with zero attached hydrogens (tertiary/aromatic N) is 2. The summed E-state index contributed by atoms with van der Waals surface area (Å²) in [5, 5.41) is 3.70. The van der Waals surface area contributed by atoms with Gasteiger partial charge in [0.2, 0.25) is 0 Å². The highest BCUT2D eigenvalue weighted by molar-refractivity contribution is 9.10. The number of pyridine rings is 1. The number of carbonyl (C=O) groups is 1. The summed E-state index contributed by atoms with van der Waals surface area (Å²) in [5.74, 6) is -0.814. The van der Waals surface area contributed by atoms with Gasteiger partial charge in [0, 0.05) is 22.4 Å². The van der Waals surface area contributed by atoms with Crippen molar-refractivity contribution in [2.75, 3.05) is 0 Å². The second kappa shape index (κ2) is 6.19. The van der Waals surface area contributed by atoms with E-state index in [0.29, 0.717) is 15.6 Å². The van der Waals surface area contributed by atoms with E-state index < -0.39 is 11.7 Å². The fraction of sp³-hybridized carbons (Fsp3) is 0. The van der Waals surface area contributed by atoms with Crippen molar-refractivity contribution in [3.8, 4) is 0 Å². The summed E-state index contributed by atoms with van der Waals surface area (Å²) < 4.78 is 14.0. The van der Waals surface area contributed by atoms with Gasteiger partial charge in [0.15, 0.2) is 0 Å². The third-order valence-electron chi connectivity index (χ3n) is 2.24. The number of rotatable bonds is 3. The molecule has 0 bridgehead atoms. The minimum absolute atomic E-state index is 0.301. The van der Waals surface area contributed by atoms with E-state index in [0.717, 1.165) is 0 Å². The lowest BCUT2D eigenvalue weighted by atomic mass is 10.2. The zero-order valence-electron chi connectivity index (χ0n) is 9.68. The molecule has 0 fully saturated rings. The number of hydrazone groups is 1. The zero-order chi connectivity index (χ0) is 13.7. The van der Waals surface area contributed by atoms with E-state index in [1.54, 1.807) is 30.5 Å². The zero-order valence-corrected chi connectivity index (χ0v) is 11.3. The van der Waals surface area contributed by atoms with Crippen molar-refractivity contribution in [1.82, 2.24) is 10.4 Å². The first-order valence-electron chi connectivity index (χ1n) is 5.35. The van der Waals surface area contributed by atoms with E-state index >= 15 is 0 Å². The first kappa shape index (κ1) is 13.4. The Morgan fingerprint density at radius 2 is 2.16 bits per heavy atom. The van der Waals surface area contributed by atoms with Crippen LogP contribution < -0.4 is 5.43 Å². The number of benzene rings is 1. The van der Waals surface area contributed by atoms with Crippen LogP contribution in [0.5, 0.6) is 0 Å². The van der Waals surface area contributed by atoms with Gasteiger partial charge in [-0.1, -0.05) is 18.2 Å². The molecule has 1 aromatic heterocycles. The van der Waals surface area contributed by atoms with Crippen LogP contribution in [0.1, 0.15) is 15.9 Å². The maximum Gasteiger partial charge on any atom is 0.272 e. The molecular formula is C13H9BrFN3O. The number of amides is 1. The molecule has 0 spiro atoms. The molecule has 0 unspecified atom stereocenters. The lowest BCUT2D eigenvalue weighted by molar-refractivity contribution is 0.0954. The van der Waals surface area contributed by atoms with Crippen molar-refractivity contribution < 1.29 is 9.18 Å². The van der Waals surface area contributed by atoms with Gasteiger partial charge >= 0.3 is 0 Å². The van der Waals surface area contributed by atoms with Gasteiger partial charge in [-0.05, 0) is 28.1 Å². The number of carbonyl (C=O) groups excluding carboxylic acids is 1. The second-order valence-electron chi connectivity index (χ2n) is 3.61. The molecule has 1 amide bonds. The molecule has 19 heavy (non-hydrogen) atoms. The van der Waals surface area contributed by atoms with Gasteiger partial charge in [-0.3, -0.25) is 9.78 Å². The smallest absolute Gasteiger partial charge is 0.267 e. The number of aromatic nitrogens is 1. The fourth-order valence-electron chi connectivity index (χ4n) is 1.34. The lowest BCUT2D eigenvalue weighted by Crippen LogP contribution is -2.17. The topological polar surface area (TPSA) is 54.4 Å². The predicted molar refractivity (Wildman–Crippen MR) is 73.4 cm³/mol. The Kier molecular flexibility index (Phi) is 4.35. The van der Waals surface area contributed by atoms with E-state index in [-0.39, 0.29) is 0 Å². The molecule has 0 aliphatic carbocycles. The summed E-state index contributed by atoms with van der Waals surface area (Å²) in [6.45, 7) is 0. The standard InChI is InChI=1S/C13H9BrFN3O/c14-11-5-10(6-16-8-11)13(19)18-17-7-9-3-1-2-4-12(9)15/h1-8H,(H,18,19)/b17-7-. The van der Waals surface area contributed by atoms with Crippen LogP contribution in [0.2, 0.25) is 0 Å². The van der Waals surface area contributed by atoms with Gasteiger partial charge in [-0.15, -0.1) is 0 Å². The Hall–Kier alpha value is -2.08. The SMILES string of the molecule is O=C(N/N=C\c1ccccc1F)c1cncc(Br)c1. The first-order valence-corrected chi connectivity index (χ1v) is 6.14. The van der Waals surface area contributed by atoms with E-state index in [1.165, 1.54) is 18.5 Å². The molecule has 1 heterocycles. The number of halogens is 2. The fourth-order valence-corrected chi connectivity index (χ4v) is 1.71. The second-order valence-corrected chi connectivity index (χ2v) is 4.53. The third kappa shape index (κ3) is 3.69. The highest BCUT2D eigenvalue weighted by Crippen LogP contribution is 2.09. The largest absolute Gasteiger partial charge is 0.272 e. The van der Waals surface area contributed by atoms with Crippen molar-refractivity contribution in [2.24, 2.45) is 5.10 Å². The van der Waals surface area contributed by atoms with Gasteiger partial charge in [0.05, 0.1) is 11.8 Å². The highest BCUT2D eigenvalue weighted by atomic mass is 79.9. The maximum absolute atomic E-state index is 13.3. The van der Waals surface area contributed by atoms with Crippen LogP contribution in [0.4, 0.5) is 4.39 Å². The molecule has 0 aliphatic heterocycles. The predicted octanol–water partition coefficient (Wildman–Crippen LogP) is 2.75. The van der Waals surface area contributed by atoms with Crippen LogP contribution in [0.25, 0.3) is 0 Å². The van der Waals surface area contributed by atoms with Crippen LogP contribution in [0.15, 0.2) is 52.3 Å². The van der Waals surface area contributed by atoms with E-state index in [1.807, 2.05) is 0 Å². The van der Waals surface area contributed by atoms with Crippen molar-refractivity contribution in [3.05, 3.63) is 64.1 Å². The number of hydrogen-bond donors (Lipinski definition) is 1. The summed E-state index contributed by atoms with van der Waals surface area (Å²) >= 11 is 3.21. The number of hydrogen-bond acceptors (Lipinski definition) is 3. The molecule has 2 rings (SSSR count). The van der Waals surface area contributed by atoms with Gasteiger partial charge in [-0.2, -0.15) is 5.10 Å². The van der Waals surface area contributed by atoms with Crippen LogP contribution in [-0.2, 0) is 0 Å². The lowest BCUT2D eigenvalue weighted by Gasteiger charge is -2.00. The Morgan fingerprint density at radius 1 is 1.37 bits per heavy atom. The summed E-state index contributed by atoms with van der Waals surface area (Å²) in [4.78, 5) is 15.6. The average Bonchev–Trinajstić information content (AvgIpc) is 2.41. The molecule has 2 aromatic rings. The van der Waals surface area contributed by atoms with Gasteiger partial charge in [-0.25, -0.2) is 9.82 Å². The third-order valence-corrected chi connectivity index (χ3v) is 2.68. The summed E-state index contributed by atoms with van der Waals surface area (Å²) in [6.07, 6.45) is 4.23. The van der Waals surface area contributed by atoms with Crippen molar-refractivity contribution in [2.45, 2.75) is 0 Å². The van der Waals surface area contributed by atoms with Crippen molar-refractivity contribution in [3.63, 3.8) is 0 Å². The molecule has 0 saturated carbocycles. The molecule has 0 atom stereocenters. The molecular weight excluding hydrogens is 313 g/mol. The molecule has 6 heteroatoms. The summed E-state index contributed by atoms with van der Waals surface area (Å²) in [5.41, 5.74) is 2.97. The van der Waals surface area contributed by atoms with E-state index in [4.69, 9.17) is 0 Å². The van der Waals surface area contributed by atoms with Crippen LogP contribution in [-0.4, -0.2) is 17.1 Å². The first-order chi connectivity index (χ1) is 9.16. The minimum Gasteiger partial charge on any atom is -0.267 e. The van der Waals surface area contributed by atoms with Gasteiger partial charge in [0.25, 0.3) is 5.91 Å². The molecule has 4 nitrogen and oxygen atoms in total. The molecule has 0 radical (unpaired) electrons. The Balaban J connectivity index is 2.03. The quantitative estimate of drug-likeness (QED) is 0.698. The van der Waals surface area contributed by atoms with Crippen LogP contribution >= 0.6 is 15.9 Å². The Morgan fingerprint density at radius 3 is 2.89 bits per heavy atom. The molecule has 0 aliphatic rings. The summed E-state index contributed by atoms with van der Waals surface area (Å²) in [6, 6.07) is 7.76. The van der Waals surface area contributed by atoms with E-state index in [2.05, 4.69) is 31.4 Å². The summed E-state index contributed by atoms with van der Waals surface area (Å²) in [7, 11) is 0. The molecule has 1 N–H and O–H groups in total. The normalized spacial score (nSPS) is 10.6. The Bertz CT molecular complexity index is 631. The highest BCUT2D eigenvalue weighted by Gasteiger charge is 2.04. The van der Waals surface area contributed by atoms with Gasteiger partial charge < -0.3 is 0 Å². The molecule has 96 valence electrons. The monoisotopic (exact) mass is 321 g/mol. The van der Waals surface area contributed by atoms with Crippen molar-refractivity contribution >= 4 is 28.1 Å². The van der Waals surface area contributed by atoms with Crippen molar-refractivity contribution in [1.29, 1.82) is 0 Å². The van der Waals surface area contributed by atoms with Crippen LogP contribution in [0.3, 0.4) is 0 Å². The Labute approximate surface area is 117 Å². The van der Waals surface area contributed by atoms with E-state index in [9.17, 15) is 9.18 Å². The van der Waals surface area contributed by atoms with Crippen LogP contribution in [0, 0.1) is 5.82 Å². The maximum atomic E-state index is 13.3. The number of nitrogens with one attached hydrogen (secondary N) is 1. The molecule has 0 saturated heterocycles. The van der Waals surface area contributed by atoms with Gasteiger partial charge in [0.1, 0.15) is 5.82 Å².